The van der Waals surface area contributed by atoms with Crippen LogP contribution in [0.15, 0.2) is 30.3 Å². The van der Waals surface area contributed by atoms with Crippen molar-refractivity contribution >= 4 is 54.0 Å². The lowest BCUT2D eigenvalue weighted by Gasteiger charge is -2.27. The number of hydrogen-bond donors (Lipinski definition) is 6. The summed E-state index contributed by atoms with van der Waals surface area (Å²) in [4.78, 5) is 62.0. The van der Waals surface area contributed by atoms with Gasteiger partial charge in [0.1, 0.15) is 24.2 Å². The molecule has 0 aliphatic rings. The summed E-state index contributed by atoms with van der Waals surface area (Å²) < 4.78 is 0. The molecule has 0 unspecified atom stereocenters. The van der Waals surface area contributed by atoms with Gasteiger partial charge in [0.15, 0.2) is 0 Å². The maximum Gasteiger partial charge on any atom is 0.326 e. The van der Waals surface area contributed by atoms with E-state index in [1.54, 1.807) is 38.1 Å². The van der Waals surface area contributed by atoms with Gasteiger partial charge in [-0.1, -0.05) is 44.2 Å². The van der Waals surface area contributed by atoms with E-state index in [9.17, 15) is 29.1 Å². The number of carboxylic acids is 1. The third kappa shape index (κ3) is 10.9. The van der Waals surface area contributed by atoms with Crippen molar-refractivity contribution in [3.05, 3.63) is 35.9 Å². The van der Waals surface area contributed by atoms with E-state index >= 15 is 0 Å². The molecule has 12 heteroatoms. The van der Waals surface area contributed by atoms with Crippen LogP contribution >= 0.6 is 24.4 Å². The van der Waals surface area contributed by atoms with Gasteiger partial charge in [-0.3, -0.25) is 19.2 Å². The van der Waals surface area contributed by atoms with Crippen LogP contribution in [0.5, 0.6) is 0 Å². The Morgan fingerprint density at radius 2 is 1.47 bits per heavy atom. The van der Waals surface area contributed by atoms with Gasteiger partial charge in [0.25, 0.3) is 0 Å². The maximum absolute atomic E-state index is 13.2. The summed E-state index contributed by atoms with van der Waals surface area (Å²) in [7, 11) is 0. The van der Waals surface area contributed by atoms with Crippen molar-refractivity contribution in [2.24, 2.45) is 5.92 Å². The standard InChI is InChI=1S/C24H36N4O6S2/c1-14(2)20(28-22(31)19(13-35)25-15(3)29)23(32)27-18(12-16-8-6-5-7-9-16)21(30)26-17(24(33)34)10-11-36-4/h5-9,14,17-20,35H,10-13H2,1-4H3,(H,25,29)(H,26,30)(H,27,32)(H,28,31)(H,33,34)/t17-,18-,19-,20-/m0/s1. The van der Waals surface area contributed by atoms with Gasteiger partial charge < -0.3 is 26.4 Å². The summed E-state index contributed by atoms with van der Waals surface area (Å²) in [6.45, 7) is 4.73. The number of amides is 4. The monoisotopic (exact) mass is 540 g/mol. The molecule has 1 aromatic rings. The quantitative estimate of drug-likeness (QED) is 0.178. The fourth-order valence-corrected chi connectivity index (χ4v) is 4.04. The van der Waals surface area contributed by atoms with E-state index in [1.807, 2.05) is 12.3 Å². The fraction of sp³-hybridized carbons (Fsp3) is 0.542. The number of thiol groups is 1. The van der Waals surface area contributed by atoms with Gasteiger partial charge in [0, 0.05) is 19.1 Å². The highest BCUT2D eigenvalue weighted by Gasteiger charge is 2.32. The van der Waals surface area contributed by atoms with Gasteiger partial charge in [-0.2, -0.15) is 24.4 Å². The number of nitrogens with one attached hydrogen (secondary N) is 4. The van der Waals surface area contributed by atoms with Crippen LogP contribution < -0.4 is 21.3 Å². The van der Waals surface area contributed by atoms with Crippen molar-refractivity contribution in [2.75, 3.05) is 17.8 Å². The molecule has 0 bridgehead atoms. The molecule has 0 aromatic heterocycles. The molecule has 4 atom stereocenters. The Bertz CT molecular complexity index is 900. The Labute approximate surface area is 221 Å². The summed E-state index contributed by atoms with van der Waals surface area (Å²) in [6.07, 6.45) is 2.19. The van der Waals surface area contributed by atoms with Gasteiger partial charge in [-0.05, 0) is 29.9 Å². The zero-order chi connectivity index (χ0) is 27.3. The first-order valence-electron chi connectivity index (χ1n) is 11.5. The molecule has 0 saturated heterocycles. The lowest BCUT2D eigenvalue weighted by atomic mass is 10.0. The van der Waals surface area contributed by atoms with Crippen LogP contribution in [-0.2, 0) is 30.4 Å². The highest BCUT2D eigenvalue weighted by molar-refractivity contribution is 7.98. The first-order chi connectivity index (χ1) is 17.0. The van der Waals surface area contributed by atoms with Crippen LogP contribution in [0.4, 0.5) is 0 Å². The molecule has 1 aromatic carbocycles. The topological polar surface area (TPSA) is 154 Å². The predicted octanol–water partition coefficient (Wildman–Crippen LogP) is 0.612. The average molecular weight is 541 g/mol. The number of aliphatic carboxylic acids is 1. The van der Waals surface area contributed by atoms with Crippen molar-refractivity contribution in [3.63, 3.8) is 0 Å². The van der Waals surface area contributed by atoms with Gasteiger partial charge in [0.05, 0.1) is 0 Å². The minimum atomic E-state index is -1.16. The lowest BCUT2D eigenvalue weighted by molar-refractivity contribution is -0.142. The van der Waals surface area contributed by atoms with Crippen LogP contribution in [0.25, 0.3) is 0 Å². The summed E-state index contributed by atoms with van der Waals surface area (Å²) in [5.41, 5.74) is 0.764. The molecule has 200 valence electrons. The summed E-state index contributed by atoms with van der Waals surface area (Å²) in [5.74, 6) is -3.18. The van der Waals surface area contributed by atoms with E-state index in [-0.39, 0.29) is 24.5 Å². The summed E-state index contributed by atoms with van der Waals surface area (Å²) in [6, 6.07) is 4.87. The van der Waals surface area contributed by atoms with E-state index in [2.05, 4.69) is 33.9 Å². The molecule has 36 heavy (non-hydrogen) atoms. The van der Waals surface area contributed by atoms with Crippen molar-refractivity contribution in [1.82, 2.24) is 21.3 Å². The zero-order valence-electron chi connectivity index (χ0n) is 20.9. The number of carboxylic acid groups (broad SMARTS) is 1. The fourth-order valence-electron chi connectivity index (χ4n) is 3.31. The molecule has 0 aliphatic heterocycles. The molecule has 0 aliphatic carbocycles. The van der Waals surface area contributed by atoms with Crippen molar-refractivity contribution in [2.45, 2.75) is 57.8 Å². The molecule has 0 fully saturated rings. The highest BCUT2D eigenvalue weighted by Crippen LogP contribution is 2.09. The van der Waals surface area contributed by atoms with Gasteiger partial charge in [-0.15, -0.1) is 0 Å². The SMILES string of the molecule is CSCC[C@H](NC(=O)[C@H](Cc1ccccc1)NC(=O)[C@@H](NC(=O)[C@H](CS)NC(C)=O)C(C)C)C(=O)O. The first-order valence-corrected chi connectivity index (χ1v) is 13.6. The molecular weight excluding hydrogens is 504 g/mol. The molecule has 5 N–H and O–H groups in total. The third-order valence-electron chi connectivity index (χ3n) is 5.26. The van der Waals surface area contributed by atoms with Gasteiger partial charge in [0.2, 0.25) is 23.6 Å². The van der Waals surface area contributed by atoms with Crippen molar-refractivity contribution in [1.29, 1.82) is 0 Å². The van der Waals surface area contributed by atoms with Gasteiger partial charge in [-0.25, -0.2) is 4.79 Å². The van der Waals surface area contributed by atoms with E-state index in [0.717, 1.165) is 5.56 Å². The molecular formula is C24H36N4O6S2. The minimum absolute atomic E-state index is 0.0313. The Kier molecular flexibility index (Phi) is 14.0. The Hall–Kier alpha value is -2.73. The van der Waals surface area contributed by atoms with Crippen molar-refractivity contribution in [3.8, 4) is 0 Å². The second-order valence-corrected chi connectivity index (χ2v) is 9.95. The second kappa shape index (κ2) is 16.1. The van der Waals surface area contributed by atoms with Crippen LogP contribution in [0.1, 0.15) is 32.8 Å². The van der Waals surface area contributed by atoms with Gasteiger partial charge >= 0.3 is 5.97 Å². The molecule has 0 heterocycles. The van der Waals surface area contributed by atoms with Crippen LogP contribution in [0, 0.1) is 5.92 Å². The van der Waals surface area contributed by atoms with E-state index in [1.165, 1.54) is 18.7 Å². The number of thioether (sulfide) groups is 1. The number of carbonyl (C=O) groups excluding carboxylic acids is 4. The first kappa shape index (κ1) is 31.3. The second-order valence-electron chi connectivity index (χ2n) is 8.60. The van der Waals surface area contributed by atoms with E-state index < -0.39 is 53.8 Å². The van der Waals surface area contributed by atoms with E-state index in [4.69, 9.17) is 0 Å². The number of hydrogen-bond acceptors (Lipinski definition) is 7. The lowest BCUT2D eigenvalue weighted by Crippen LogP contribution is -2.59. The number of benzene rings is 1. The molecule has 4 amide bonds. The van der Waals surface area contributed by atoms with Crippen LogP contribution in [0.2, 0.25) is 0 Å². The highest BCUT2D eigenvalue weighted by atomic mass is 32.2. The summed E-state index contributed by atoms with van der Waals surface area (Å²) in [5, 5.41) is 19.8. The van der Waals surface area contributed by atoms with Crippen LogP contribution in [0.3, 0.4) is 0 Å². The summed E-state index contributed by atoms with van der Waals surface area (Å²) >= 11 is 5.55. The minimum Gasteiger partial charge on any atom is -0.480 e. The van der Waals surface area contributed by atoms with Crippen molar-refractivity contribution < 1.29 is 29.1 Å². The average Bonchev–Trinajstić information content (AvgIpc) is 2.82. The Balaban J connectivity index is 3.10. The zero-order valence-corrected chi connectivity index (χ0v) is 22.7. The molecule has 1 rings (SSSR count). The van der Waals surface area contributed by atoms with E-state index in [0.29, 0.717) is 5.75 Å². The third-order valence-corrected chi connectivity index (χ3v) is 6.27. The Morgan fingerprint density at radius 3 is 1.97 bits per heavy atom. The maximum atomic E-state index is 13.2. The van der Waals surface area contributed by atoms with Crippen LogP contribution in [-0.4, -0.2) is 76.6 Å². The molecule has 0 saturated carbocycles. The smallest absolute Gasteiger partial charge is 0.326 e. The predicted molar refractivity (Wildman–Crippen MR) is 143 cm³/mol. The normalized spacial score (nSPS) is 14.2. The molecule has 0 radical (unpaired) electrons. The Morgan fingerprint density at radius 1 is 0.889 bits per heavy atom. The largest absolute Gasteiger partial charge is 0.480 e. The number of carbonyl (C=O) groups is 5. The molecule has 10 nitrogen and oxygen atoms in total. The molecule has 0 spiro atoms. The number of rotatable bonds is 15.